The Morgan fingerprint density at radius 2 is 1.93 bits per heavy atom. The summed E-state index contributed by atoms with van der Waals surface area (Å²) in [5.74, 6) is 0.0709. The number of alkyl halides is 2. The molecule has 1 aromatic carbocycles. The summed E-state index contributed by atoms with van der Waals surface area (Å²) >= 11 is 3.07. The molecule has 0 spiro atoms. The van der Waals surface area contributed by atoms with E-state index in [1.165, 1.54) is 13.2 Å². The lowest BCUT2D eigenvalue weighted by molar-refractivity contribution is -0.287. The van der Waals surface area contributed by atoms with E-state index in [0.29, 0.717) is 4.47 Å². The zero-order valence-corrected chi connectivity index (χ0v) is 8.60. The van der Waals surface area contributed by atoms with E-state index >= 15 is 0 Å². The number of benzene rings is 1. The van der Waals surface area contributed by atoms with Gasteiger partial charge < -0.3 is 14.2 Å². The zero-order chi connectivity index (χ0) is 10.3. The molecular weight excluding hydrogens is 262 g/mol. The summed E-state index contributed by atoms with van der Waals surface area (Å²) in [6.07, 6.45) is -3.63. The van der Waals surface area contributed by atoms with Crippen molar-refractivity contribution in [3.8, 4) is 17.2 Å². The number of rotatable bonds is 1. The van der Waals surface area contributed by atoms with E-state index in [-0.39, 0.29) is 17.2 Å². The van der Waals surface area contributed by atoms with Crippen molar-refractivity contribution in [1.82, 2.24) is 0 Å². The Balaban J connectivity index is 2.53. The Kier molecular flexibility index (Phi) is 2.02. The third kappa shape index (κ3) is 1.39. The van der Waals surface area contributed by atoms with Gasteiger partial charge in [0.25, 0.3) is 0 Å². The van der Waals surface area contributed by atoms with Gasteiger partial charge in [0.05, 0.1) is 11.6 Å². The van der Waals surface area contributed by atoms with Gasteiger partial charge in [-0.1, -0.05) is 0 Å². The van der Waals surface area contributed by atoms with Gasteiger partial charge in [0.15, 0.2) is 11.5 Å². The Bertz CT molecular complexity index is 381. The normalized spacial score (nSPS) is 16.9. The van der Waals surface area contributed by atoms with Crippen LogP contribution in [0.15, 0.2) is 16.6 Å². The lowest BCUT2D eigenvalue weighted by atomic mass is 10.3. The lowest BCUT2D eigenvalue weighted by Gasteiger charge is -2.05. The fraction of sp³-hybridized carbons (Fsp3) is 0.250. The Labute approximate surface area is 86.7 Å². The van der Waals surface area contributed by atoms with Crippen LogP contribution >= 0.6 is 15.9 Å². The first-order valence-electron chi connectivity index (χ1n) is 3.66. The molecule has 0 radical (unpaired) electrons. The molecule has 76 valence electrons. The van der Waals surface area contributed by atoms with Gasteiger partial charge in [0.1, 0.15) is 0 Å². The molecule has 6 heteroatoms. The second-order valence-corrected chi connectivity index (χ2v) is 3.43. The second-order valence-electron chi connectivity index (χ2n) is 2.58. The standard InChI is InChI=1S/C8H5BrF2O3/c1-12-5-3-2-4(9)6-7(5)14-8(10,11)13-6/h2-3H,1H3. The molecule has 0 saturated carbocycles. The minimum absolute atomic E-state index is 0.0469. The molecule has 2 rings (SSSR count). The van der Waals surface area contributed by atoms with Crippen LogP contribution in [0.3, 0.4) is 0 Å². The van der Waals surface area contributed by atoms with Gasteiger partial charge in [-0.25, -0.2) is 0 Å². The maximum atomic E-state index is 12.7. The van der Waals surface area contributed by atoms with Crippen LogP contribution in [-0.2, 0) is 0 Å². The van der Waals surface area contributed by atoms with Crippen molar-refractivity contribution in [3.05, 3.63) is 16.6 Å². The molecule has 0 bridgehead atoms. The van der Waals surface area contributed by atoms with E-state index in [9.17, 15) is 8.78 Å². The average molecular weight is 267 g/mol. The molecule has 0 amide bonds. The maximum absolute atomic E-state index is 12.7. The van der Waals surface area contributed by atoms with Crippen LogP contribution in [0.2, 0.25) is 0 Å². The van der Waals surface area contributed by atoms with Gasteiger partial charge in [-0.05, 0) is 28.1 Å². The van der Waals surface area contributed by atoms with E-state index in [1.807, 2.05) is 0 Å². The van der Waals surface area contributed by atoms with Gasteiger partial charge >= 0.3 is 6.29 Å². The van der Waals surface area contributed by atoms with E-state index in [4.69, 9.17) is 4.74 Å². The maximum Gasteiger partial charge on any atom is 0.586 e. The minimum Gasteiger partial charge on any atom is -0.493 e. The Morgan fingerprint density at radius 3 is 2.57 bits per heavy atom. The molecule has 0 saturated heterocycles. The summed E-state index contributed by atoms with van der Waals surface area (Å²) in [6, 6.07) is 3.05. The summed E-state index contributed by atoms with van der Waals surface area (Å²) in [5.41, 5.74) is 0. The van der Waals surface area contributed by atoms with Crippen molar-refractivity contribution in [2.24, 2.45) is 0 Å². The number of halogens is 3. The molecule has 0 N–H and O–H groups in total. The molecule has 1 aromatic rings. The number of ether oxygens (including phenoxy) is 3. The molecule has 1 aliphatic heterocycles. The first kappa shape index (κ1) is 9.51. The monoisotopic (exact) mass is 266 g/mol. The van der Waals surface area contributed by atoms with Crippen LogP contribution in [0, 0.1) is 0 Å². The zero-order valence-electron chi connectivity index (χ0n) is 7.01. The largest absolute Gasteiger partial charge is 0.586 e. The first-order chi connectivity index (χ1) is 6.53. The van der Waals surface area contributed by atoms with Gasteiger partial charge in [0.2, 0.25) is 5.75 Å². The smallest absolute Gasteiger partial charge is 0.493 e. The molecule has 14 heavy (non-hydrogen) atoms. The molecular formula is C8H5BrF2O3. The van der Waals surface area contributed by atoms with Crippen molar-refractivity contribution < 1.29 is 23.0 Å². The van der Waals surface area contributed by atoms with Crippen molar-refractivity contribution >= 4 is 15.9 Å². The molecule has 0 atom stereocenters. The van der Waals surface area contributed by atoms with Crippen molar-refractivity contribution in [2.45, 2.75) is 6.29 Å². The third-order valence-corrected chi connectivity index (χ3v) is 2.31. The fourth-order valence-corrected chi connectivity index (χ4v) is 1.52. The van der Waals surface area contributed by atoms with Crippen molar-refractivity contribution in [1.29, 1.82) is 0 Å². The fourth-order valence-electron chi connectivity index (χ4n) is 1.13. The number of fused-ring (bicyclic) bond motifs is 1. The molecule has 0 aliphatic carbocycles. The van der Waals surface area contributed by atoms with E-state index < -0.39 is 6.29 Å². The lowest BCUT2D eigenvalue weighted by Crippen LogP contribution is -2.26. The van der Waals surface area contributed by atoms with Crippen LogP contribution in [0.4, 0.5) is 8.78 Å². The van der Waals surface area contributed by atoms with Crippen LogP contribution in [0.1, 0.15) is 0 Å². The number of hydrogen-bond acceptors (Lipinski definition) is 3. The Morgan fingerprint density at radius 1 is 1.29 bits per heavy atom. The molecule has 0 fully saturated rings. The predicted octanol–water partition coefficient (Wildman–Crippen LogP) is 2.78. The van der Waals surface area contributed by atoms with Gasteiger partial charge in [0, 0.05) is 0 Å². The second kappa shape index (κ2) is 2.98. The van der Waals surface area contributed by atoms with Gasteiger partial charge in [-0.15, -0.1) is 8.78 Å². The highest BCUT2D eigenvalue weighted by atomic mass is 79.9. The van der Waals surface area contributed by atoms with Crippen molar-refractivity contribution in [3.63, 3.8) is 0 Å². The Hall–Kier alpha value is -1.04. The molecule has 0 aromatic heterocycles. The topological polar surface area (TPSA) is 27.7 Å². The van der Waals surface area contributed by atoms with Gasteiger partial charge in [-0.3, -0.25) is 0 Å². The van der Waals surface area contributed by atoms with E-state index in [0.717, 1.165) is 0 Å². The average Bonchev–Trinajstić information content (AvgIpc) is 2.42. The molecule has 3 nitrogen and oxygen atoms in total. The highest BCUT2D eigenvalue weighted by Gasteiger charge is 2.46. The summed E-state index contributed by atoms with van der Waals surface area (Å²) in [4.78, 5) is 0. The van der Waals surface area contributed by atoms with Crippen LogP contribution < -0.4 is 14.2 Å². The summed E-state index contributed by atoms with van der Waals surface area (Å²) in [6.45, 7) is 0. The summed E-state index contributed by atoms with van der Waals surface area (Å²) < 4.78 is 39.2. The highest BCUT2D eigenvalue weighted by molar-refractivity contribution is 9.10. The van der Waals surface area contributed by atoms with Crippen molar-refractivity contribution in [2.75, 3.05) is 7.11 Å². The van der Waals surface area contributed by atoms with E-state index in [2.05, 4.69) is 25.4 Å². The molecule has 1 heterocycles. The number of hydrogen-bond donors (Lipinski definition) is 0. The number of methoxy groups -OCH3 is 1. The summed E-state index contributed by atoms with van der Waals surface area (Å²) in [5, 5.41) is 0. The molecule has 0 unspecified atom stereocenters. The highest BCUT2D eigenvalue weighted by Crippen LogP contribution is 2.50. The van der Waals surface area contributed by atoms with E-state index in [1.54, 1.807) is 6.07 Å². The third-order valence-electron chi connectivity index (χ3n) is 1.69. The quantitative estimate of drug-likeness (QED) is 0.783. The molecule has 1 aliphatic rings. The predicted molar refractivity (Wildman–Crippen MR) is 46.9 cm³/mol. The minimum atomic E-state index is -3.63. The van der Waals surface area contributed by atoms with Crippen LogP contribution in [0.25, 0.3) is 0 Å². The first-order valence-corrected chi connectivity index (χ1v) is 4.45. The SMILES string of the molecule is COc1ccc(Br)c2c1OC(F)(F)O2. The van der Waals surface area contributed by atoms with Gasteiger partial charge in [-0.2, -0.15) is 0 Å². The summed E-state index contributed by atoms with van der Waals surface area (Å²) in [7, 11) is 1.36. The van der Waals surface area contributed by atoms with Crippen LogP contribution in [0.5, 0.6) is 17.2 Å². The van der Waals surface area contributed by atoms with Crippen LogP contribution in [-0.4, -0.2) is 13.4 Å².